The Hall–Kier alpha value is -1.98. The number of halogens is 1. The van der Waals surface area contributed by atoms with Crippen LogP contribution in [0.25, 0.3) is 0 Å². The maximum absolute atomic E-state index is 13.5. The first-order valence-electron chi connectivity index (χ1n) is 6.17. The number of carboxylic acid groups (broad SMARTS) is 1. The van der Waals surface area contributed by atoms with Crippen LogP contribution in [0.3, 0.4) is 0 Å². The van der Waals surface area contributed by atoms with Crippen LogP contribution in [0.1, 0.15) is 19.4 Å². The summed E-state index contributed by atoms with van der Waals surface area (Å²) in [5.74, 6) is -2.98. The molecular weight excluding hydrogens is 299 g/mol. The minimum atomic E-state index is -4.14. The monoisotopic (exact) mass is 314 g/mol. The average molecular weight is 314 g/mol. The quantitative estimate of drug-likeness (QED) is 0.856. The first kappa shape index (κ1) is 17.1. The van der Waals surface area contributed by atoms with Gasteiger partial charge in [0.05, 0.1) is 5.92 Å². The molecule has 1 N–H and O–H groups in total. The van der Waals surface area contributed by atoms with Crippen molar-refractivity contribution in [2.24, 2.45) is 5.92 Å². The molecule has 114 valence electrons. The number of benzene rings is 1. The van der Waals surface area contributed by atoms with Gasteiger partial charge in [-0.05, 0) is 12.1 Å². The van der Waals surface area contributed by atoms with Crippen LogP contribution < -0.4 is 0 Å². The molecule has 1 rings (SSSR count). The number of nitriles is 1. The lowest BCUT2D eigenvalue weighted by Crippen LogP contribution is -2.37. The highest BCUT2D eigenvalue weighted by molar-refractivity contribution is 7.89. The SMILES string of the molecule is CCN(CC(C)C(=O)O)S(=O)(=O)c1cccc(F)c1C#N. The number of carboxylic acids is 1. The van der Waals surface area contributed by atoms with Crippen LogP contribution in [0.15, 0.2) is 23.1 Å². The summed E-state index contributed by atoms with van der Waals surface area (Å²) in [5, 5.41) is 17.8. The molecule has 21 heavy (non-hydrogen) atoms. The lowest BCUT2D eigenvalue weighted by Gasteiger charge is -2.22. The highest BCUT2D eigenvalue weighted by Crippen LogP contribution is 2.22. The number of aliphatic carboxylic acids is 1. The van der Waals surface area contributed by atoms with Gasteiger partial charge in [0.2, 0.25) is 10.0 Å². The number of hydrogen-bond acceptors (Lipinski definition) is 4. The fraction of sp³-hybridized carbons (Fsp3) is 0.385. The van der Waals surface area contributed by atoms with Crippen LogP contribution in [0.5, 0.6) is 0 Å². The summed E-state index contributed by atoms with van der Waals surface area (Å²) in [5.41, 5.74) is -0.570. The van der Waals surface area contributed by atoms with E-state index in [1.165, 1.54) is 26.0 Å². The Bertz CT molecular complexity index is 682. The minimum absolute atomic E-state index is 0.0152. The Morgan fingerprint density at radius 1 is 1.52 bits per heavy atom. The van der Waals surface area contributed by atoms with E-state index in [2.05, 4.69) is 0 Å². The molecule has 0 amide bonds. The van der Waals surface area contributed by atoms with Crippen molar-refractivity contribution in [2.45, 2.75) is 18.7 Å². The lowest BCUT2D eigenvalue weighted by atomic mass is 10.2. The van der Waals surface area contributed by atoms with Gasteiger partial charge in [-0.25, -0.2) is 12.8 Å². The van der Waals surface area contributed by atoms with E-state index in [9.17, 15) is 17.6 Å². The first-order valence-corrected chi connectivity index (χ1v) is 7.61. The van der Waals surface area contributed by atoms with E-state index in [1.807, 2.05) is 0 Å². The van der Waals surface area contributed by atoms with Gasteiger partial charge in [0, 0.05) is 13.1 Å². The molecule has 0 fully saturated rings. The van der Waals surface area contributed by atoms with Gasteiger partial charge in [-0.2, -0.15) is 9.57 Å². The topological polar surface area (TPSA) is 98.5 Å². The van der Waals surface area contributed by atoms with Crippen LogP contribution in [0.4, 0.5) is 4.39 Å². The third-order valence-electron chi connectivity index (χ3n) is 2.96. The zero-order valence-corrected chi connectivity index (χ0v) is 12.4. The molecule has 1 aromatic carbocycles. The van der Waals surface area contributed by atoms with Crippen LogP contribution >= 0.6 is 0 Å². The standard InChI is InChI=1S/C13H15FN2O4S/c1-3-16(8-9(2)13(17)18)21(19,20)12-6-4-5-11(14)10(12)7-15/h4-6,9H,3,8H2,1-2H3,(H,17,18). The van der Waals surface area contributed by atoms with Crippen LogP contribution in [0, 0.1) is 23.1 Å². The predicted molar refractivity (Wildman–Crippen MR) is 72.3 cm³/mol. The summed E-state index contributed by atoms with van der Waals surface area (Å²) in [7, 11) is -4.14. The Morgan fingerprint density at radius 2 is 2.14 bits per heavy atom. The van der Waals surface area contributed by atoms with Crippen molar-refractivity contribution in [1.82, 2.24) is 4.31 Å². The Morgan fingerprint density at radius 3 is 2.62 bits per heavy atom. The molecule has 0 aliphatic carbocycles. The number of rotatable bonds is 6. The van der Waals surface area contributed by atoms with Crippen molar-refractivity contribution in [3.8, 4) is 6.07 Å². The van der Waals surface area contributed by atoms with E-state index in [0.717, 1.165) is 16.4 Å². The molecule has 8 heteroatoms. The van der Waals surface area contributed by atoms with Crippen LogP contribution in [-0.4, -0.2) is 36.9 Å². The summed E-state index contributed by atoms with van der Waals surface area (Å²) in [6, 6.07) is 4.84. The molecule has 0 aromatic heterocycles. The minimum Gasteiger partial charge on any atom is -0.481 e. The molecule has 1 unspecified atom stereocenters. The van der Waals surface area contributed by atoms with Crippen LogP contribution in [0.2, 0.25) is 0 Å². The highest BCUT2D eigenvalue weighted by atomic mass is 32.2. The fourth-order valence-electron chi connectivity index (χ4n) is 1.75. The van der Waals surface area contributed by atoms with E-state index in [-0.39, 0.29) is 13.1 Å². The molecule has 0 aliphatic heterocycles. The van der Waals surface area contributed by atoms with Crippen molar-refractivity contribution in [3.63, 3.8) is 0 Å². The number of sulfonamides is 1. The second-order valence-corrected chi connectivity index (χ2v) is 6.33. The lowest BCUT2D eigenvalue weighted by molar-refractivity contribution is -0.141. The summed E-state index contributed by atoms with van der Waals surface area (Å²) in [6.07, 6.45) is 0. The highest BCUT2D eigenvalue weighted by Gasteiger charge is 2.29. The van der Waals surface area contributed by atoms with Gasteiger partial charge >= 0.3 is 5.97 Å². The van der Waals surface area contributed by atoms with Gasteiger partial charge in [-0.15, -0.1) is 0 Å². The smallest absolute Gasteiger partial charge is 0.307 e. The second kappa shape index (κ2) is 6.65. The summed E-state index contributed by atoms with van der Waals surface area (Å²) in [4.78, 5) is 10.4. The molecule has 0 spiro atoms. The van der Waals surface area contributed by atoms with E-state index < -0.39 is 38.2 Å². The molecule has 0 saturated heterocycles. The zero-order valence-electron chi connectivity index (χ0n) is 11.6. The van der Waals surface area contributed by atoms with Crippen molar-refractivity contribution in [2.75, 3.05) is 13.1 Å². The predicted octanol–water partition coefficient (Wildman–Crippen LogP) is 1.43. The number of carbonyl (C=O) groups is 1. The van der Waals surface area contributed by atoms with Gasteiger partial charge in [-0.3, -0.25) is 4.79 Å². The number of nitrogens with zero attached hydrogens (tertiary/aromatic N) is 2. The third-order valence-corrected chi connectivity index (χ3v) is 4.94. The Balaban J connectivity index is 3.30. The summed E-state index contributed by atoms with van der Waals surface area (Å²) in [6.45, 7) is 2.67. The van der Waals surface area contributed by atoms with Gasteiger partial charge in [0.15, 0.2) is 0 Å². The summed E-state index contributed by atoms with van der Waals surface area (Å²) < 4.78 is 39.4. The molecule has 0 bridgehead atoms. The van der Waals surface area contributed by atoms with Gasteiger partial charge in [-0.1, -0.05) is 19.9 Å². The molecule has 0 radical (unpaired) electrons. The van der Waals surface area contributed by atoms with E-state index in [1.54, 1.807) is 0 Å². The fourth-order valence-corrected chi connectivity index (χ4v) is 3.44. The third kappa shape index (κ3) is 3.56. The van der Waals surface area contributed by atoms with E-state index in [0.29, 0.717) is 0 Å². The molecule has 6 nitrogen and oxygen atoms in total. The molecule has 0 heterocycles. The normalized spacial score (nSPS) is 12.9. The number of hydrogen-bond donors (Lipinski definition) is 1. The van der Waals surface area contributed by atoms with Gasteiger partial charge < -0.3 is 5.11 Å². The maximum Gasteiger partial charge on any atom is 0.307 e. The molecule has 1 atom stereocenters. The molecule has 0 aliphatic rings. The zero-order chi connectivity index (χ0) is 16.2. The molecule has 0 saturated carbocycles. The maximum atomic E-state index is 13.5. The van der Waals surface area contributed by atoms with Crippen LogP contribution in [-0.2, 0) is 14.8 Å². The first-order chi connectivity index (χ1) is 9.75. The van der Waals surface area contributed by atoms with Gasteiger partial charge in [0.1, 0.15) is 22.3 Å². The van der Waals surface area contributed by atoms with Crippen molar-refractivity contribution in [3.05, 3.63) is 29.6 Å². The van der Waals surface area contributed by atoms with Crippen molar-refractivity contribution >= 4 is 16.0 Å². The largest absolute Gasteiger partial charge is 0.481 e. The molecular formula is C13H15FN2O4S. The Labute approximate surface area is 122 Å². The molecule has 1 aromatic rings. The average Bonchev–Trinajstić information content (AvgIpc) is 2.43. The van der Waals surface area contributed by atoms with Crippen molar-refractivity contribution < 1.29 is 22.7 Å². The summed E-state index contributed by atoms with van der Waals surface area (Å²) >= 11 is 0. The Kier molecular flexibility index (Phi) is 5.41. The van der Waals surface area contributed by atoms with E-state index in [4.69, 9.17) is 10.4 Å². The van der Waals surface area contributed by atoms with E-state index >= 15 is 0 Å². The second-order valence-electron chi connectivity index (χ2n) is 4.42. The van der Waals surface area contributed by atoms with Gasteiger partial charge in [0.25, 0.3) is 0 Å². The van der Waals surface area contributed by atoms with Crippen molar-refractivity contribution in [1.29, 1.82) is 5.26 Å².